The van der Waals surface area contributed by atoms with Crippen molar-refractivity contribution in [3.05, 3.63) is 101 Å². The lowest BCUT2D eigenvalue weighted by molar-refractivity contribution is 0.0950. The number of benzene rings is 2. The number of aromatic nitrogens is 2. The molecule has 0 aliphatic heterocycles. The molecule has 0 atom stereocenters. The fraction of sp³-hybridized carbons (Fsp3) is 0.120. The second-order valence-electron chi connectivity index (χ2n) is 7.08. The number of ether oxygens (including phenoxy) is 1. The Morgan fingerprint density at radius 3 is 2.45 bits per heavy atom. The van der Waals surface area contributed by atoms with Gasteiger partial charge in [-0.2, -0.15) is 0 Å². The van der Waals surface area contributed by atoms with Crippen molar-refractivity contribution >= 4 is 17.5 Å². The van der Waals surface area contributed by atoms with E-state index in [4.69, 9.17) is 16.3 Å². The van der Waals surface area contributed by atoms with E-state index in [-0.39, 0.29) is 5.91 Å². The standard InChI is InChI=1S/C25H22ClN3O2/c1-17-21(25(30)28-16-18-11-13-27-14-12-18)15-24(19-7-9-20(31-2)10-8-19)29(17)23-6-4-3-5-22(23)26/h3-15H,16H2,1-2H3,(H,28,30). The van der Waals surface area contributed by atoms with Crippen LogP contribution in [0.5, 0.6) is 5.75 Å². The smallest absolute Gasteiger partial charge is 0.253 e. The van der Waals surface area contributed by atoms with Gasteiger partial charge < -0.3 is 14.6 Å². The molecule has 0 bridgehead atoms. The van der Waals surface area contributed by atoms with Gasteiger partial charge in [-0.1, -0.05) is 23.7 Å². The van der Waals surface area contributed by atoms with Crippen LogP contribution in [0.1, 0.15) is 21.6 Å². The van der Waals surface area contributed by atoms with Gasteiger partial charge in [-0.25, -0.2) is 0 Å². The highest BCUT2D eigenvalue weighted by molar-refractivity contribution is 6.32. The van der Waals surface area contributed by atoms with E-state index in [1.807, 2.05) is 78.2 Å². The number of carbonyl (C=O) groups is 1. The molecule has 0 aliphatic carbocycles. The number of hydrogen-bond acceptors (Lipinski definition) is 3. The van der Waals surface area contributed by atoms with Crippen molar-refractivity contribution in [1.29, 1.82) is 0 Å². The van der Waals surface area contributed by atoms with Crippen LogP contribution in [0.25, 0.3) is 16.9 Å². The van der Waals surface area contributed by atoms with Crippen LogP contribution in [0.2, 0.25) is 5.02 Å². The van der Waals surface area contributed by atoms with Crippen molar-refractivity contribution in [2.45, 2.75) is 13.5 Å². The van der Waals surface area contributed by atoms with Crippen molar-refractivity contribution in [2.75, 3.05) is 7.11 Å². The van der Waals surface area contributed by atoms with Crippen molar-refractivity contribution in [3.63, 3.8) is 0 Å². The fourth-order valence-corrected chi connectivity index (χ4v) is 3.75. The molecule has 0 spiro atoms. The molecule has 5 nitrogen and oxygen atoms in total. The number of para-hydroxylation sites is 1. The Labute approximate surface area is 186 Å². The van der Waals surface area contributed by atoms with E-state index < -0.39 is 0 Å². The van der Waals surface area contributed by atoms with E-state index in [0.29, 0.717) is 17.1 Å². The molecule has 1 N–H and O–H groups in total. The summed E-state index contributed by atoms with van der Waals surface area (Å²) in [5, 5.41) is 3.61. The highest BCUT2D eigenvalue weighted by atomic mass is 35.5. The molecule has 31 heavy (non-hydrogen) atoms. The third kappa shape index (κ3) is 4.32. The number of carbonyl (C=O) groups excluding carboxylic acids is 1. The molecule has 0 saturated carbocycles. The highest BCUT2D eigenvalue weighted by Gasteiger charge is 2.20. The fourth-order valence-electron chi connectivity index (χ4n) is 3.53. The maximum Gasteiger partial charge on any atom is 0.253 e. The second kappa shape index (κ2) is 9.06. The predicted octanol–water partition coefficient (Wildman–Crippen LogP) is 5.44. The average Bonchev–Trinajstić information content (AvgIpc) is 3.15. The zero-order chi connectivity index (χ0) is 21.8. The van der Waals surface area contributed by atoms with Crippen LogP contribution in [0.15, 0.2) is 79.1 Å². The molecule has 156 valence electrons. The van der Waals surface area contributed by atoms with E-state index in [2.05, 4.69) is 10.3 Å². The lowest BCUT2D eigenvalue weighted by Gasteiger charge is -2.14. The number of halogens is 1. The molecule has 2 heterocycles. The first-order valence-electron chi connectivity index (χ1n) is 9.87. The Hall–Kier alpha value is -3.57. The number of amides is 1. The maximum atomic E-state index is 13.1. The lowest BCUT2D eigenvalue weighted by Crippen LogP contribution is -2.23. The molecule has 2 aromatic carbocycles. The molecule has 4 aromatic rings. The van der Waals surface area contributed by atoms with Crippen LogP contribution in [0.3, 0.4) is 0 Å². The van der Waals surface area contributed by atoms with Gasteiger partial charge in [0.05, 0.1) is 29.1 Å². The van der Waals surface area contributed by atoms with E-state index in [0.717, 1.165) is 34.0 Å². The van der Waals surface area contributed by atoms with Crippen molar-refractivity contribution in [2.24, 2.45) is 0 Å². The minimum Gasteiger partial charge on any atom is -0.497 e. The predicted molar refractivity (Wildman–Crippen MR) is 123 cm³/mol. The van der Waals surface area contributed by atoms with Gasteiger partial charge in [0, 0.05) is 24.6 Å². The Bertz CT molecular complexity index is 1200. The topological polar surface area (TPSA) is 56.1 Å². The minimum absolute atomic E-state index is 0.144. The summed E-state index contributed by atoms with van der Waals surface area (Å²) in [5.41, 5.74) is 5.05. The molecule has 1 amide bonds. The van der Waals surface area contributed by atoms with Crippen LogP contribution in [0.4, 0.5) is 0 Å². The summed E-state index contributed by atoms with van der Waals surface area (Å²) in [5.74, 6) is 0.626. The normalized spacial score (nSPS) is 10.7. The minimum atomic E-state index is -0.144. The third-order valence-corrected chi connectivity index (χ3v) is 5.49. The number of rotatable bonds is 6. The quantitative estimate of drug-likeness (QED) is 0.442. The van der Waals surface area contributed by atoms with Gasteiger partial charge in [0.2, 0.25) is 0 Å². The average molecular weight is 432 g/mol. The first-order chi connectivity index (χ1) is 15.1. The zero-order valence-corrected chi connectivity index (χ0v) is 18.1. The van der Waals surface area contributed by atoms with Crippen LogP contribution < -0.4 is 10.1 Å². The molecule has 2 aromatic heterocycles. The number of hydrogen-bond donors (Lipinski definition) is 1. The summed E-state index contributed by atoms with van der Waals surface area (Å²) in [6, 6.07) is 21.0. The number of methoxy groups -OCH3 is 1. The number of nitrogens with one attached hydrogen (secondary N) is 1. The van der Waals surface area contributed by atoms with E-state index in [9.17, 15) is 4.79 Å². The molecule has 0 saturated heterocycles. The van der Waals surface area contributed by atoms with Gasteiger partial charge in [-0.15, -0.1) is 0 Å². The largest absolute Gasteiger partial charge is 0.497 e. The van der Waals surface area contributed by atoms with Crippen molar-refractivity contribution < 1.29 is 9.53 Å². The summed E-state index contributed by atoms with van der Waals surface area (Å²) in [6.07, 6.45) is 3.42. The van der Waals surface area contributed by atoms with Crippen molar-refractivity contribution in [1.82, 2.24) is 14.9 Å². The summed E-state index contributed by atoms with van der Waals surface area (Å²) in [4.78, 5) is 17.1. The van der Waals surface area contributed by atoms with Gasteiger partial charge in [-0.3, -0.25) is 9.78 Å². The summed E-state index contributed by atoms with van der Waals surface area (Å²) in [6.45, 7) is 2.35. The zero-order valence-electron chi connectivity index (χ0n) is 17.3. The highest BCUT2D eigenvalue weighted by Crippen LogP contribution is 2.33. The van der Waals surface area contributed by atoms with Gasteiger partial charge in [-0.05, 0) is 72.6 Å². The Kier molecular flexibility index (Phi) is 6.05. The van der Waals surface area contributed by atoms with Gasteiger partial charge in [0.25, 0.3) is 5.91 Å². The SMILES string of the molecule is COc1ccc(-c2cc(C(=O)NCc3ccncc3)c(C)n2-c2ccccc2Cl)cc1. The molecule has 0 radical (unpaired) electrons. The summed E-state index contributed by atoms with van der Waals surface area (Å²) in [7, 11) is 1.64. The first-order valence-corrected chi connectivity index (χ1v) is 10.2. The summed E-state index contributed by atoms with van der Waals surface area (Å²) >= 11 is 6.52. The maximum absolute atomic E-state index is 13.1. The van der Waals surface area contributed by atoms with Gasteiger partial charge in [0.15, 0.2) is 0 Å². The van der Waals surface area contributed by atoms with Crippen molar-refractivity contribution in [3.8, 4) is 22.7 Å². The first kappa shape index (κ1) is 20.7. The van der Waals surface area contributed by atoms with Gasteiger partial charge >= 0.3 is 0 Å². The third-order valence-electron chi connectivity index (χ3n) is 5.17. The monoisotopic (exact) mass is 431 g/mol. The Morgan fingerprint density at radius 2 is 1.77 bits per heavy atom. The Morgan fingerprint density at radius 1 is 1.06 bits per heavy atom. The molecule has 6 heteroatoms. The van der Waals surface area contributed by atoms with E-state index in [1.54, 1.807) is 19.5 Å². The molecule has 0 aliphatic rings. The summed E-state index contributed by atoms with van der Waals surface area (Å²) < 4.78 is 7.30. The molecular weight excluding hydrogens is 410 g/mol. The van der Waals surface area contributed by atoms with Crippen LogP contribution in [-0.2, 0) is 6.54 Å². The molecule has 4 rings (SSSR count). The van der Waals surface area contributed by atoms with Gasteiger partial charge in [0.1, 0.15) is 5.75 Å². The molecule has 0 fully saturated rings. The Balaban J connectivity index is 1.76. The van der Waals surface area contributed by atoms with Crippen LogP contribution >= 0.6 is 11.6 Å². The van der Waals surface area contributed by atoms with Crippen LogP contribution in [0, 0.1) is 6.92 Å². The van der Waals surface area contributed by atoms with E-state index in [1.165, 1.54) is 0 Å². The number of nitrogens with zero attached hydrogens (tertiary/aromatic N) is 2. The van der Waals surface area contributed by atoms with E-state index >= 15 is 0 Å². The lowest BCUT2D eigenvalue weighted by atomic mass is 10.1. The number of pyridine rings is 1. The van der Waals surface area contributed by atoms with Crippen LogP contribution in [-0.4, -0.2) is 22.6 Å². The molecule has 0 unspecified atom stereocenters. The molecular formula is C25H22ClN3O2. The second-order valence-corrected chi connectivity index (χ2v) is 7.49.